The Bertz CT molecular complexity index is 257. The van der Waals surface area contributed by atoms with E-state index in [-0.39, 0.29) is 6.19 Å². The molecular formula is C7H11BO9. The molecule has 10 heteroatoms. The van der Waals surface area contributed by atoms with E-state index in [0.29, 0.717) is 0 Å². The molecule has 2 unspecified atom stereocenters. The molecule has 2 atom stereocenters. The largest absolute Gasteiger partial charge is 0.671 e. The van der Waals surface area contributed by atoms with Crippen molar-refractivity contribution in [2.24, 2.45) is 0 Å². The Kier molecular flexibility index (Phi) is 7.06. The minimum Gasteiger partial charge on any atom is -0.492 e. The fourth-order valence-corrected chi connectivity index (χ4v) is 0.615. The van der Waals surface area contributed by atoms with E-state index in [1.54, 1.807) is 0 Å². The Morgan fingerprint density at radius 1 is 1.06 bits per heavy atom. The standard InChI is InChI=1S/C7H11BO9/c9-1-4(12)6(14)16-8(3-11)17-7(15)5(13)2-10/h3-5,9-10,12-13H,1-2H2. The Hall–Kier alpha value is -1.49. The molecule has 0 fully saturated rings. The van der Waals surface area contributed by atoms with Crippen molar-refractivity contribution in [3.63, 3.8) is 0 Å². The lowest BCUT2D eigenvalue weighted by Gasteiger charge is -2.13. The van der Waals surface area contributed by atoms with Crippen molar-refractivity contribution in [2.75, 3.05) is 13.2 Å². The van der Waals surface area contributed by atoms with E-state index < -0.39 is 44.5 Å². The van der Waals surface area contributed by atoms with Crippen LogP contribution in [0.3, 0.4) is 0 Å². The lowest BCUT2D eigenvalue weighted by atomic mass is 9.93. The normalized spacial score (nSPS) is 13.4. The molecule has 0 aromatic carbocycles. The van der Waals surface area contributed by atoms with E-state index in [1.165, 1.54) is 0 Å². The van der Waals surface area contributed by atoms with Gasteiger partial charge in [-0.25, -0.2) is 0 Å². The third-order valence-electron chi connectivity index (χ3n) is 1.47. The molecule has 0 aliphatic rings. The summed E-state index contributed by atoms with van der Waals surface area (Å²) in [6.07, 6.45) is -3.83. The number of carbonyl (C=O) groups is 3. The quantitative estimate of drug-likeness (QED) is 0.262. The van der Waals surface area contributed by atoms with Crippen molar-refractivity contribution >= 4 is 25.2 Å². The van der Waals surface area contributed by atoms with Crippen LogP contribution < -0.4 is 0 Å². The SMILES string of the molecule is O=CB(OC(=O)C(O)CO)OC(=O)C(O)CO. The summed E-state index contributed by atoms with van der Waals surface area (Å²) in [5.74, 6) is -2.76. The van der Waals surface area contributed by atoms with Gasteiger partial charge in [-0.05, 0) is 0 Å². The molecule has 0 aromatic heterocycles. The monoisotopic (exact) mass is 250 g/mol. The smallest absolute Gasteiger partial charge is 0.492 e. The first-order chi connectivity index (χ1) is 7.96. The van der Waals surface area contributed by atoms with Crippen LogP contribution in [-0.4, -0.2) is 71.1 Å². The van der Waals surface area contributed by atoms with Crippen LogP contribution >= 0.6 is 0 Å². The van der Waals surface area contributed by atoms with Gasteiger partial charge in [0.1, 0.15) is 0 Å². The fourth-order valence-electron chi connectivity index (χ4n) is 0.615. The number of hydrogen-bond donors (Lipinski definition) is 4. The van der Waals surface area contributed by atoms with E-state index in [9.17, 15) is 14.4 Å². The highest BCUT2D eigenvalue weighted by Crippen LogP contribution is 1.96. The second kappa shape index (κ2) is 7.73. The first-order valence-electron chi connectivity index (χ1n) is 4.40. The zero-order chi connectivity index (χ0) is 13.4. The molecule has 0 rings (SSSR count). The molecule has 9 nitrogen and oxygen atoms in total. The first-order valence-corrected chi connectivity index (χ1v) is 4.40. The lowest BCUT2D eigenvalue weighted by Crippen LogP contribution is -2.40. The number of rotatable bonds is 7. The van der Waals surface area contributed by atoms with Crippen LogP contribution in [0.25, 0.3) is 0 Å². The highest BCUT2D eigenvalue weighted by atomic mass is 16.6. The molecule has 0 bridgehead atoms. The third kappa shape index (κ3) is 5.40. The van der Waals surface area contributed by atoms with Gasteiger partial charge in [-0.1, -0.05) is 0 Å². The summed E-state index contributed by atoms with van der Waals surface area (Å²) in [6, 6.07) is 0. The van der Waals surface area contributed by atoms with Crippen molar-refractivity contribution in [1.29, 1.82) is 0 Å². The van der Waals surface area contributed by atoms with Crippen LogP contribution in [-0.2, 0) is 23.7 Å². The second-order valence-corrected chi connectivity index (χ2v) is 2.77. The van der Waals surface area contributed by atoms with Gasteiger partial charge in [-0.3, -0.25) is 9.59 Å². The van der Waals surface area contributed by atoms with Gasteiger partial charge < -0.3 is 34.5 Å². The lowest BCUT2D eigenvalue weighted by molar-refractivity contribution is -0.151. The second-order valence-electron chi connectivity index (χ2n) is 2.77. The van der Waals surface area contributed by atoms with Crippen LogP contribution in [0, 0.1) is 0 Å². The summed E-state index contributed by atoms with van der Waals surface area (Å²) in [5, 5.41) is 34.3. The predicted molar refractivity (Wildman–Crippen MR) is 50.9 cm³/mol. The summed E-state index contributed by atoms with van der Waals surface area (Å²) >= 11 is 0. The number of hydrogen-bond acceptors (Lipinski definition) is 9. The van der Waals surface area contributed by atoms with Crippen molar-refractivity contribution in [3.05, 3.63) is 0 Å². The molecule has 4 N–H and O–H groups in total. The van der Waals surface area contributed by atoms with Crippen molar-refractivity contribution in [2.45, 2.75) is 12.2 Å². The summed E-state index contributed by atoms with van der Waals surface area (Å²) in [5.41, 5.74) is 0. The van der Waals surface area contributed by atoms with Gasteiger partial charge in [0.15, 0.2) is 18.4 Å². The van der Waals surface area contributed by atoms with E-state index in [0.717, 1.165) is 0 Å². The van der Waals surface area contributed by atoms with Crippen LogP contribution in [0.5, 0.6) is 0 Å². The maximum atomic E-state index is 10.9. The molecule has 0 spiro atoms. The van der Waals surface area contributed by atoms with Crippen LogP contribution in [0.4, 0.5) is 0 Å². The molecule has 0 saturated heterocycles. The molecule has 17 heavy (non-hydrogen) atoms. The summed E-state index contributed by atoms with van der Waals surface area (Å²) in [7, 11) is -1.97. The van der Waals surface area contributed by atoms with Crippen LogP contribution in [0.2, 0.25) is 0 Å². The molecular weight excluding hydrogens is 239 g/mol. The number of aliphatic hydroxyl groups is 4. The van der Waals surface area contributed by atoms with Gasteiger partial charge >= 0.3 is 19.1 Å². The molecule has 0 radical (unpaired) electrons. The summed E-state index contributed by atoms with van der Waals surface area (Å²) < 4.78 is 8.33. The molecule has 96 valence electrons. The molecule has 0 amide bonds. The highest BCUT2D eigenvalue weighted by molar-refractivity contribution is 6.76. The van der Waals surface area contributed by atoms with Crippen molar-refractivity contribution in [3.8, 4) is 0 Å². The molecule has 0 aromatic rings. The molecule has 0 heterocycles. The Balaban J connectivity index is 4.30. The van der Waals surface area contributed by atoms with E-state index in [4.69, 9.17) is 20.4 Å². The Morgan fingerprint density at radius 2 is 1.41 bits per heavy atom. The maximum absolute atomic E-state index is 10.9. The third-order valence-corrected chi connectivity index (χ3v) is 1.47. The molecule has 0 aliphatic heterocycles. The fraction of sp³-hybridized carbons (Fsp3) is 0.571. The van der Waals surface area contributed by atoms with Gasteiger partial charge in [0, 0.05) is 0 Å². The molecule has 0 saturated carbocycles. The van der Waals surface area contributed by atoms with E-state index in [1.807, 2.05) is 0 Å². The minimum absolute atomic E-state index is 0.0794. The summed E-state index contributed by atoms with van der Waals surface area (Å²) in [4.78, 5) is 32.1. The number of carbonyl (C=O) groups excluding carboxylic acids is 3. The zero-order valence-electron chi connectivity index (χ0n) is 8.55. The Morgan fingerprint density at radius 3 is 1.65 bits per heavy atom. The average molecular weight is 250 g/mol. The van der Waals surface area contributed by atoms with Crippen LogP contribution in [0.1, 0.15) is 0 Å². The van der Waals surface area contributed by atoms with Gasteiger partial charge in [-0.2, -0.15) is 0 Å². The van der Waals surface area contributed by atoms with Crippen molar-refractivity contribution in [1.82, 2.24) is 0 Å². The number of aliphatic hydroxyl groups excluding tert-OH is 4. The summed E-state index contributed by atoms with van der Waals surface area (Å²) in [6.45, 7) is -1.87. The highest BCUT2D eigenvalue weighted by Gasteiger charge is 2.32. The zero-order valence-corrected chi connectivity index (χ0v) is 8.55. The van der Waals surface area contributed by atoms with Gasteiger partial charge in [0.05, 0.1) is 13.2 Å². The topological polar surface area (TPSA) is 151 Å². The van der Waals surface area contributed by atoms with Gasteiger partial charge in [0.25, 0.3) is 0 Å². The average Bonchev–Trinajstić information content (AvgIpc) is 2.35. The van der Waals surface area contributed by atoms with Crippen LogP contribution in [0.15, 0.2) is 0 Å². The van der Waals surface area contributed by atoms with Crippen molar-refractivity contribution < 1.29 is 44.1 Å². The first kappa shape index (κ1) is 15.5. The minimum atomic E-state index is -1.97. The van der Waals surface area contributed by atoms with Gasteiger partial charge in [-0.15, -0.1) is 0 Å². The molecule has 0 aliphatic carbocycles. The predicted octanol–water partition coefficient (Wildman–Crippen LogP) is -3.96. The maximum Gasteiger partial charge on any atom is 0.671 e. The van der Waals surface area contributed by atoms with Gasteiger partial charge in [0.2, 0.25) is 0 Å². The van der Waals surface area contributed by atoms with E-state index >= 15 is 0 Å². The van der Waals surface area contributed by atoms with E-state index in [2.05, 4.69) is 9.31 Å². The Labute approximate surface area is 95.7 Å².